The molecule has 1 aliphatic rings. The molecule has 0 aromatic carbocycles. The number of nitrogens with zero attached hydrogens (tertiary/aromatic N) is 2. The van der Waals surface area contributed by atoms with Crippen molar-refractivity contribution in [3.8, 4) is 0 Å². The van der Waals surface area contributed by atoms with Crippen molar-refractivity contribution in [2.75, 3.05) is 17.2 Å². The molecular formula is C11H13BrN2OS. The lowest BCUT2D eigenvalue weighted by atomic mass is 10.1. The molecule has 5 heteroatoms. The standard InChI is InChI=1S/C11H13BrN2OS/c1-7-9(12)2-3-10(13-7)14-5-8(6-16)4-11(14)15/h2-3,8,16H,4-6H2,1H3. The molecule has 2 heterocycles. The van der Waals surface area contributed by atoms with Crippen LogP contribution in [-0.2, 0) is 4.79 Å². The van der Waals surface area contributed by atoms with Crippen LogP contribution in [0.1, 0.15) is 12.1 Å². The molecule has 0 saturated carbocycles. The second-order valence-electron chi connectivity index (χ2n) is 3.99. The van der Waals surface area contributed by atoms with E-state index in [2.05, 4.69) is 33.5 Å². The summed E-state index contributed by atoms with van der Waals surface area (Å²) in [4.78, 5) is 17.9. The molecule has 0 aliphatic carbocycles. The van der Waals surface area contributed by atoms with Crippen LogP contribution in [0.4, 0.5) is 5.82 Å². The fourth-order valence-electron chi connectivity index (χ4n) is 1.81. The van der Waals surface area contributed by atoms with Crippen molar-refractivity contribution in [3.63, 3.8) is 0 Å². The number of aryl methyl sites for hydroxylation is 1. The van der Waals surface area contributed by atoms with E-state index in [0.717, 1.165) is 28.3 Å². The first kappa shape index (κ1) is 11.9. The first-order chi connectivity index (χ1) is 7.61. The Morgan fingerprint density at radius 1 is 1.62 bits per heavy atom. The topological polar surface area (TPSA) is 33.2 Å². The summed E-state index contributed by atoms with van der Waals surface area (Å²) in [5, 5.41) is 0. The van der Waals surface area contributed by atoms with Gasteiger partial charge in [0.05, 0.1) is 5.69 Å². The summed E-state index contributed by atoms with van der Waals surface area (Å²) in [6.07, 6.45) is 0.584. The van der Waals surface area contributed by atoms with E-state index in [0.29, 0.717) is 12.3 Å². The van der Waals surface area contributed by atoms with Crippen LogP contribution in [0, 0.1) is 12.8 Å². The maximum atomic E-state index is 11.8. The van der Waals surface area contributed by atoms with Gasteiger partial charge in [0, 0.05) is 17.4 Å². The predicted octanol–water partition coefficient (Wildman–Crippen LogP) is 2.44. The monoisotopic (exact) mass is 300 g/mol. The highest BCUT2D eigenvalue weighted by Gasteiger charge is 2.30. The van der Waals surface area contributed by atoms with Gasteiger partial charge in [0.15, 0.2) is 0 Å². The van der Waals surface area contributed by atoms with Crippen molar-refractivity contribution in [1.82, 2.24) is 4.98 Å². The van der Waals surface area contributed by atoms with Crippen molar-refractivity contribution < 1.29 is 4.79 Å². The van der Waals surface area contributed by atoms with Gasteiger partial charge in [-0.2, -0.15) is 12.6 Å². The summed E-state index contributed by atoms with van der Waals surface area (Å²) >= 11 is 7.64. The van der Waals surface area contributed by atoms with Crippen LogP contribution in [0.3, 0.4) is 0 Å². The van der Waals surface area contributed by atoms with Gasteiger partial charge in [-0.25, -0.2) is 4.98 Å². The van der Waals surface area contributed by atoms with Gasteiger partial charge in [-0.15, -0.1) is 0 Å². The number of thiol groups is 1. The van der Waals surface area contributed by atoms with Gasteiger partial charge >= 0.3 is 0 Å². The SMILES string of the molecule is Cc1nc(N2CC(CS)CC2=O)ccc1Br. The number of halogens is 1. The largest absolute Gasteiger partial charge is 0.296 e. The lowest BCUT2D eigenvalue weighted by molar-refractivity contribution is -0.117. The third-order valence-corrected chi connectivity index (χ3v) is 4.10. The third-order valence-electron chi connectivity index (χ3n) is 2.75. The van der Waals surface area contributed by atoms with Crippen molar-refractivity contribution >= 4 is 40.3 Å². The molecule has 86 valence electrons. The summed E-state index contributed by atoms with van der Waals surface area (Å²) in [6, 6.07) is 3.80. The number of carbonyl (C=O) groups excluding carboxylic acids is 1. The average Bonchev–Trinajstić information content (AvgIpc) is 2.64. The third kappa shape index (κ3) is 2.25. The van der Waals surface area contributed by atoms with Crippen molar-refractivity contribution in [3.05, 3.63) is 22.3 Å². The van der Waals surface area contributed by atoms with Crippen LogP contribution < -0.4 is 4.90 Å². The minimum absolute atomic E-state index is 0.147. The van der Waals surface area contributed by atoms with E-state index in [-0.39, 0.29) is 5.91 Å². The predicted molar refractivity (Wildman–Crippen MR) is 71.0 cm³/mol. The first-order valence-corrected chi connectivity index (χ1v) is 6.58. The minimum atomic E-state index is 0.147. The van der Waals surface area contributed by atoms with E-state index in [1.165, 1.54) is 0 Å². The molecule has 0 bridgehead atoms. The molecule has 3 nitrogen and oxygen atoms in total. The maximum Gasteiger partial charge on any atom is 0.228 e. The molecule has 1 atom stereocenters. The molecule has 2 rings (SSSR count). The van der Waals surface area contributed by atoms with Crippen molar-refractivity contribution in [1.29, 1.82) is 0 Å². The number of aromatic nitrogens is 1. The molecule has 1 fully saturated rings. The number of carbonyl (C=O) groups is 1. The van der Waals surface area contributed by atoms with Crippen LogP contribution >= 0.6 is 28.6 Å². The van der Waals surface area contributed by atoms with Gasteiger partial charge in [0.25, 0.3) is 0 Å². The first-order valence-electron chi connectivity index (χ1n) is 5.16. The van der Waals surface area contributed by atoms with E-state index < -0.39 is 0 Å². The molecule has 0 spiro atoms. The Balaban J connectivity index is 2.24. The summed E-state index contributed by atoms with van der Waals surface area (Å²) in [5.74, 6) is 1.99. The second kappa shape index (κ2) is 4.75. The highest BCUT2D eigenvalue weighted by molar-refractivity contribution is 9.10. The molecule has 1 unspecified atom stereocenters. The Morgan fingerprint density at radius 3 is 2.94 bits per heavy atom. The molecule has 0 radical (unpaired) electrons. The lowest BCUT2D eigenvalue weighted by Gasteiger charge is -2.16. The highest BCUT2D eigenvalue weighted by Crippen LogP contribution is 2.26. The van der Waals surface area contributed by atoms with Gasteiger partial charge in [0.2, 0.25) is 5.91 Å². The molecule has 1 aromatic rings. The van der Waals surface area contributed by atoms with E-state index in [1.807, 2.05) is 19.1 Å². The fourth-order valence-corrected chi connectivity index (χ4v) is 2.27. The quantitative estimate of drug-likeness (QED) is 0.851. The lowest BCUT2D eigenvalue weighted by Crippen LogP contribution is -2.25. The van der Waals surface area contributed by atoms with E-state index in [4.69, 9.17) is 0 Å². The van der Waals surface area contributed by atoms with Crippen LogP contribution in [0.15, 0.2) is 16.6 Å². The molecule has 0 N–H and O–H groups in total. The van der Waals surface area contributed by atoms with Gasteiger partial charge < -0.3 is 0 Å². The summed E-state index contributed by atoms with van der Waals surface area (Å²) in [7, 11) is 0. The number of hydrogen-bond donors (Lipinski definition) is 1. The highest BCUT2D eigenvalue weighted by atomic mass is 79.9. The van der Waals surface area contributed by atoms with Crippen LogP contribution in [-0.4, -0.2) is 23.2 Å². The zero-order chi connectivity index (χ0) is 11.7. The normalized spacial score (nSPS) is 20.6. The fraction of sp³-hybridized carbons (Fsp3) is 0.455. The van der Waals surface area contributed by atoms with E-state index in [1.54, 1.807) is 4.90 Å². The Morgan fingerprint density at radius 2 is 2.38 bits per heavy atom. The molecule has 1 amide bonds. The molecule has 1 saturated heterocycles. The smallest absolute Gasteiger partial charge is 0.228 e. The zero-order valence-corrected chi connectivity index (χ0v) is 11.5. The van der Waals surface area contributed by atoms with Crippen LogP contribution in [0.5, 0.6) is 0 Å². The molecular weight excluding hydrogens is 288 g/mol. The van der Waals surface area contributed by atoms with Crippen LogP contribution in [0.2, 0.25) is 0 Å². The molecule has 16 heavy (non-hydrogen) atoms. The van der Waals surface area contributed by atoms with E-state index >= 15 is 0 Å². The molecule has 1 aromatic heterocycles. The number of rotatable bonds is 2. The van der Waals surface area contributed by atoms with Gasteiger partial charge in [0.1, 0.15) is 5.82 Å². The number of amides is 1. The van der Waals surface area contributed by atoms with Crippen molar-refractivity contribution in [2.24, 2.45) is 5.92 Å². The second-order valence-corrected chi connectivity index (χ2v) is 5.21. The van der Waals surface area contributed by atoms with Crippen LogP contribution in [0.25, 0.3) is 0 Å². The number of hydrogen-bond acceptors (Lipinski definition) is 3. The Kier molecular flexibility index (Phi) is 3.54. The number of pyridine rings is 1. The van der Waals surface area contributed by atoms with Gasteiger partial charge in [-0.1, -0.05) is 0 Å². The summed E-state index contributed by atoms with van der Waals surface area (Å²) in [5.41, 5.74) is 0.902. The van der Waals surface area contributed by atoms with E-state index in [9.17, 15) is 4.79 Å². The average molecular weight is 301 g/mol. The number of anilines is 1. The van der Waals surface area contributed by atoms with Gasteiger partial charge in [-0.05, 0) is 46.7 Å². The Bertz CT molecular complexity index is 424. The van der Waals surface area contributed by atoms with Gasteiger partial charge in [-0.3, -0.25) is 9.69 Å². The summed E-state index contributed by atoms with van der Waals surface area (Å²) < 4.78 is 0.966. The molecule has 1 aliphatic heterocycles. The minimum Gasteiger partial charge on any atom is -0.296 e. The Labute approximate surface area is 109 Å². The Hall–Kier alpha value is -0.550. The summed E-state index contributed by atoms with van der Waals surface area (Å²) in [6.45, 7) is 2.65. The maximum absolute atomic E-state index is 11.8. The van der Waals surface area contributed by atoms with Crippen molar-refractivity contribution in [2.45, 2.75) is 13.3 Å². The zero-order valence-electron chi connectivity index (χ0n) is 8.98.